The van der Waals surface area contributed by atoms with Crippen molar-refractivity contribution in [2.24, 2.45) is 0 Å². The van der Waals surface area contributed by atoms with E-state index in [9.17, 15) is 8.78 Å². The fourth-order valence-electron chi connectivity index (χ4n) is 2.12. The molecule has 3 heteroatoms. The summed E-state index contributed by atoms with van der Waals surface area (Å²) in [5, 5.41) is 3.33. The van der Waals surface area contributed by atoms with Crippen LogP contribution in [0.25, 0.3) is 0 Å². The smallest absolute Gasteiger partial charge is 0.123 e. The van der Waals surface area contributed by atoms with Crippen molar-refractivity contribution in [2.45, 2.75) is 25.9 Å². The van der Waals surface area contributed by atoms with Gasteiger partial charge in [-0.15, -0.1) is 0 Å². The van der Waals surface area contributed by atoms with Crippen molar-refractivity contribution in [2.75, 3.05) is 0 Å². The van der Waals surface area contributed by atoms with Crippen molar-refractivity contribution < 1.29 is 8.78 Å². The zero-order chi connectivity index (χ0) is 13.8. The normalized spacial score (nSPS) is 14.1. The van der Waals surface area contributed by atoms with Crippen LogP contribution in [0, 0.1) is 11.6 Å². The topological polar surface area (TPSA) is 12.0 Å². The minimum absolute atomic E-state index is 0.00559. The quantitative estimate of drug-likeness (QED) is 0.861. The van der Waals surface area contributed by atoms with Gasteiger partial charge in [0.15, 0.2) is 0 Å². The van der Waals surface area contributed by atoms with E-state index in [1.165, 1.54) is 24.3 Å². The highest BCUT2D eigenvalue weighted by atomic mass is 19.1. The minimum Gasteiger partial charge on any atom is -0.304 e. The van der Waals surface area contributed by atoms with Gasteiger partial charge in [0.2, 0.25) is 0 Å². The first kappa shape index (κ1) is 13.7. The molecule has 0 fully saturated rings. The van der Waals surface area contributed by atoms with Crippen molar-refractivity contribution in [3.8, 4) is 0 Å². The van der Waals surface area contributed by atoms with E-state index in [0.717, 1.165) is 11.1 Å². The van der Waals surface area contributed by atoms with Gasteiger partial charge in [-0.25, -0.2) is 8.78 Å². The molecule has 0 aliphatic rings. The Morgan fingerprint density at radius 2 is 1.21 bits per heavy atom. The van der Waals surface area contributed by atoms with Crippen LogP contribution >= 0.6 is 0 Å². The Hall–Kier alpha value is -1.74. The second-order valence-corrected chi connectivity index (χ2v) is 4.72. The van der Waals surface area contributed by atoms with Gasteiger partial charge < -0.3 is 5.32 Å². The number of rotatable bonds is 4. The Kier molecular flexibility index (Phi) is 4.27. The number of nitrogens with one attached hydrogen (secondary N) is 1. The zero-order valence-corrected chi connectivity index (χ0v) is 11.0. The molecule has 0 bridgehead atoms. The van der Waals surface area contributed by atoms with Crippen LogP contribution in [0.1, 0.15) is 37.1 Å². The van der Waals surface area contributed by atoms with Crippen LogP contribution in [0.2, 0.25) is 0 Å². The van der Waals surface area contributed by atoms with Gasteiger partial charge in [0, 0.05) is 12.1 Å². The summed E-state index contributed by atoms with van der Waals surface area (Å²) in [5.74, 6) is -0.492. The first-order valence-electron chi connectivity index (χ1n) is 6.33. The molecule has 0 radical (unpaired) electrons. The summed E-state index contributed by atoms with van der Waals surface area (Å²) in [6, 6.07) is 13.0. The van der Waals surface area contributed by atoms with E-state index in [-0.39, 0.29) is 23.7 Å². The molecule has 100 valence electrons. The van der Waals surface area contributed by atoms with Gasteiger partial charge in [-0.05, 0) is 49.2 Å². The Labute approximate surface area is 112 Å². The van der Waals surface area contributed by atoms with Crippen LogP contribution in [0.5, 0.6) is 0 Å². The molecular formula is C16H17F2N. The van der Waals surface area contributed by atoms with E-state index in [0.29, 0.717) is 0 Å². The summed E-state index contributed by atoms with van der Waals surface area (Å²) < 4.78 is 26.3. The zero-order valence-electron chi connectivity index (χ0n) is 11.0. The van der Waals surface area contributed by atoms with Gasteiger partial charge >= 0.3 is 0 Å². The first-order valence-corrected chi connectivity index (χ1v) is 6.33. The molecule has 0 aromatic heterocycles. The van der Waals surface area contributed by atoms with Crippen LogP contribution in [0.4, 0.5) is 8.78 Å². The third-order valence-corrected chi connectivity index (χ3v) is 3.20. The predicted molar refractivity (Wildman–Crippen MR) is 72.8 cm³/mol. The van der Waals surface area contributed by atoms with Crippen LogP contribution in [-0.2, 0) is 0 Å². The van der Waals surface area contributed by atoms with E-state index in [1.807, 2.05) is 26.0 Å². The molecule has 0 aliphatic heterocycles. The molecule has 0 spiro atoms. The summed E-state index contributed by atoms with van der Waals surface area (Å²) in [4.78, 5) is 0. The van der Waals surface area contributed by atoms with Crippen molar-refractivity contribution in [3.63, 3.8) is 0 Å². The average Bonchev–Trinajstić information content (AvgIpc) is 2.38. The number of hydrogen-bond donors (Lipinski definition) is 1. The summed E-state index contributed by atoms with van der Waals surface area (Å²) in [7, 11) is 0. The van der Waals surface area contributed by atoms with Gasteiger partial charge in [0.05, 0.1) is 0 Å². The third kappa shape index (κ3) is 3.61. The third-order valence-electron chi connectivity index (χ3n) is 3.20. The van der Waals surface area contributed by atoms with Crippen LogP contribution < -0.4 is 5.32 Å². The fourth-order valence-corrected chi connectivity index (χ4v) is 2.12. The van der Waals surface area contributed by atoms with E-state index >= 15 is 0 Å². The predicted octanol–water partition coefficient (Wildman–Crippen LogP) is 4.38. The Balaban J connectivity index is 2.08. The maximum atomic E-state index is 13.2. The summed E-state index contributed by atoms with van der Waals surface area (Å²) >= 11 is 0. The van der Waals surface area contributed by atoms with E-state index in [2.05, 4.69) is 5.32 Å². The molecule has 2 aromatic rings. The summed E-state index contributed by atoms with van der Waals surface area (Å²) in [6.07, 6.45) is 0. The van der Waals surface area contributed by atoms with Gasteiger partial charge in [0.1, 0.15) is 11.6 Å². The molecule has 1 N–H and O–H groups in total. The van der Waals surface area contributed by atoms with Crippen molar-refractivity contribution in [3.05, 3.63) is 71.3 Å². The number of hydrogen-bond acceptors (Lipinski definition) is 1. The highest BCUT2D eigenvalue weighted by Crippen LogP contribution is 2.20. The lowest BCUT2D eigenvalue weighted by Gasteiger charge is -2.21. The fraction of sp³-hybridized carbons (Fsp3) is 0.250. The van der Waals surface area contributed by atoms with Gasteiger partial charge in [0.25, 0.3) is 0 Å². The number of benzene rings is 2. The van der Waals surface area contributed by atoms with E-state index < -0.39 is 0 Å². The largest absolute Gasteiger partial charge is 0.304 e. The lowest BCUT2D eigenvalue weighted by atomic mass is 10.0. The highest BCUT2D eigenvalue weighted by Gasteiger charge is 2.12. The average molecular weight is 261 g/mol. The van der Waals surface area contributed by atoms with Crippen molar-refractivity contribution in [1.29, 1.82) is 0 Å². The Morgan fingerprint density at radius 3 is 1.58 bits per heavy atom. The Bertz CT molecular complexity index is 504. The van der Waals surface area contributed by atoms with Crippen molar-refractivity contribution >= 4 is 0 Å². The SMILES string of the molecule is CC(N[C@H](C)c1cccc(F)c1)c1cccc(F)c1. The molecule has 2 rings (SSSR count). The van der Waals surface area contributed by atoms with Gasteiger partial charge in [-0.3, -0.25) is 0 Å². The van der Waals surface area contributed by atoms with Crippen LogP contribution in [-0.4, -0.2) is 0 Å². The minimum atomic E-state index is -0.246. The van der Waals surface area contributed by atoms with Crippen molar-refractivity contribution in [1.82, 2.24) is 5.32 Å². The molecule has 0 saturated carbocycles. The van der Waals surface area contributed by atoms with Crippen LogP contribution in [0.15, 0.2) is 48.5 Å². The summed E-state index contributed by atoms with van der Waals surface area (Å²) in [5.41, 5.74) is 1.76. The first-order chi connectivity index (χ1) is 9.06. The second kappa shape index (κ2) is 5.93. The van der Waals surface area contributed by atoms with Crippen LogP contribution in [0.3, 0.4) is 0 Å². The number of halogens is 2. The molecule has 2 atom stereocenters. The van der Waals surface area contributed by atoms with Gasteiger partial charge in [-0.2, -0.15) is 0 Å². The molecule has 0 saturated heterocycles. The van der Waals surface area contributed by atoms with E-state index in [1.54, 1.807) is 12.1 Å². The molecule has 1 unspecified atom stereocenters. The lowest BCUT2D eigenvalue weighted by molar-refractivity contribution is 0.489. The molecule has 0 aliphatic carbocycles. The highest BCUT2D eigenvalue weighted by molar-refractivity contribution is 5.22. The van der Waals surface area contributed by atoms with E-state index in [4.69, 9.17) is 0 Å². The molecule has 0 amide bonds. The molecule has 2 aromatic carbocycles. The molecule has 0 heterocycles. The second-order valence-electron chi connectivity index (χ2n) is 4.72. The molecular weight excluding hydrogens is 244 g/mol. The summed E-state index contributed by atoms with van der Waals surface area (Å²) in [6.45, 7) is 3.93. The maximum absolute atomic E-state index is 13.2. The maximum Gasteiger partial charge on any atom is 0.123 e. The standard InChI is InChI=1S/C16H17F2N/c1-11(13-5-3-7-15(17)9-13)19-12(2)14-6-4-8-16(18)10-14/h3-12,19H,1-2H3/t11-,12?/m1/s1. The Morgan fingerprint density at radius 1 is 0.789 bits per heavy atom. The molecule has 19 heavy (non-hydrogen) atoms. The van der Waals surface area contributed by atoms with Gasteiger partial charge in [-0.1, -0.05) is 24.3 Å². The molecule has 1 nitrogen and oxygen atoms in total. The monoisotopic (exact) mass is 261 g/mol. The lowest BCUT2D eigenvalue weighted by Crippen LogP contribution is -2.22.